The molecule has 2 aromatic rings. The highest BCUT2D eigenvalue weighted by molar-refractivity contribution is 5.44. The molecule has 0 bridgehead atoms. The maximum atomic E-state index is 8.92. The Kier molecular flexibility index (Phi) is 4.50. The van der Waals surface area contributed by atoms with Crippen molar-refractivity contribution in [2.75, 3.05) is 6.61 Å². The lowest BCUT2D eigenvalue weighted by atomic mass is 10.2. The predicted molar refractivity (Wildman–Crippen MR) is 72.5 cm³/mol. The van der Waals surface area contributed by atoms with Crippen LogP contribution in [0.15, 0.2) is 24.5 Å². The first-order chi connectivity index (χ1) is 9.24. The number of nitriles is 1. The van der Waals surface area contributed by atoms with Crippen LogP contribution in [0.1, 0.15) is 31.0 Å². The van der Waals surface area contributed by atoms with E-state index < -0.39 is 0 Å². The van der Waals surface area contributed by atoms with E-state index in [-0.39, 0.29) is 6.61 Å². The molecule has 2 rings (SSSR count). The zero-order chi connectivity index (χ0) is 13.7. The molecule has 2 N–H and O–H groups in total. The molecule has 0 spiro atoms. The zero-order valence-corrected chi connectivity index (χ0v) is 11.0. The van der Waals surface area contributed by atoms with Gasteiger partial charge in [-0.05, 0) is 31.9 Å². The van der Waals surface area contributed by atoms with E-state index in [1.165, 1.54) is 0 Å². The van der Waals surface area contributed by atoms with E-state index in [1.54, 1.807) is 12.3 Å². The Morgan fingerprint density at radius 3 is 3.11 bits per heavy atom. The SMILES string of the molecule is CC(CCCO)NCc1cnc2ccc(C#N)cn12. The van der Waals surface area contributed by atoms with Crippen molar-refractivity contribution in [3.8, 4) is 6.07 Å². The lowest BCUT2D eigenvalue weighted by molar-refractivity contribution is 0.276. The van der Waals surface area contributed by atoms with Gasteiger partial charge in [0.1, 0.15) is 11.7 Å². The molecule has 0 aliphatic carbocycles. The Hall–Kier alpha value is -1.90. The van der Waals surface area contributed by atoms with Crippen molar-refractivity contribution < 1.29 is 5.11 Å². The van der Waals surface area contributed by atoms with Gasteiger partial charge < -0.3 is 14.8 Å². The minimum absolute atomic E-state index is 0.229. The van der Waals surface area contributed by atoms with E-state index in [9.17, 15) is 0 Å². The number of hydrogen-bond donors (Lipinski definition) is 2. The summed E-state index contributed by atoms with van der Waals surface area (Å²) in [4.78, 5) is 4.31. The molecule has 5 nitrogen and oxygen atoms in total. The van der Waals surface area contributed by atoms with E-state index in [4.69, 9.17) is 10.4 Å². The molecule has 5 heteroatoms. The van der Waals surface area contributed by atoms with Crippen LogP contribution < -0.4 is 5.32 Å². The molecule has 19 heavy (non-hydrogen) atoms. The molecule has 2 aromatic heterocycles. The molecule has 100 valence electrons. The van der Waals surface area contributed by atoms with Crippen molar-refractivity contribution in [3.63, 3.8) is 0 Å². The summed E-state index contributed by atoms with van der Waals surface area (Å²) in [5.74, 6) is 0. The van der Waals surface area contributed by atoms with Crippen LogP contribution in [0.2, 0.25) is 0 Å². The molecule has 0 radical (unpaired) electrons. The molecule has 0 saturated heterocycles. The van der Waals surface area contributed by atoms with Gasteiger partial charge in [0.05, 0.1) is 17.5 Å². The Bertz CT molecular complexity index is 585. The molecule has 0 saturated carbocycles. The molecule has 0 aliphatic rings. The summed E-state index contributed by atoms with van der Waals surface area (Å²) in [6, 6.07) is 6.09. The van der Waals surface area contributed by atoms with Crippen LogP contribution >= 0.6 is 0 Å². The molecular weight excluding hydrogens is 240 g/mol. The molecule has 0 aliphatic heterocycles. The van der Waals surface area contributed by atoms with Gasteiger partial charge >= 0.3 is 0 Å². The number of hydrogen-bond acceptors (Lipinski definition) is 4. The third kappa shape index (κ3) is 3.31. The van der Waals surface area contributed by atoms with Crippen molar-refractivity contribution in [2.45, 2.75) is 32.4 Å². The number of aliphatic hydroxyl groups excluding tert-OH is 1. The smallest absolute Gasteiger partial charge is 0.137 e. The quantitative estimate of drug-likeness (QED) is 0.822. The summed E-state index contributed by atoms with van der Waals surface area (Å²) >= 11 is 0. The van der Waals surface area contributed by atoms with Gasteiger partial charge in [-0.25, -0.2) is 4.98 Å². The van der Waals surface area contributed by atoms with Crippen molar-refractivity contribution in [1.82, 2.24) is 14.7 Å². The van der Waals surface area contributed by atoms with E-state index >= 15 is 0 Å². The van der Waals surface area contributed by atoms with Gasteiger partial charge in [0, 0.05) is 25.4 Å². The highest BCUT2D eigenvalue weighted by Crippen LogP contribution is 2.09. The average molecular weight is 258 g/mol. The van der Waals surface area contributed by atoms with Crippen molar-refractivity contribution >= 4 is 5.65 Å². The Morgan fingerprint density at radius 1 is 1.53 bits per heavy atom. The fraction of sp³-hybridized carbons (Fsp3) is 0.429. The molecule has 0 fully saturated rings. The van der Waals surface area contributed by atoms with Crippen LogP contribution in [-0.2, 0) is 6.54 Å². The van der Waals surface area contributed by atoms with Crippen molar-refractivity contribution in [2.24, 2.45) is 0 Å². The fourth-order valence-corrected chi connectivity index (χ4v) is 2.01. The fourth-order valence-electron chi connectivity index (χ4n) is 2.01. The van der Waals surface area contributed by atoms with E-state index in [2.05, 4.69) is 23.3 Å². The number of nitrogens with one attached hydrogen (secondary N) is 1. The Balaban J connectivity index is 2.06. The minimum Gasteiger partial charge on any atom is -0.396 e. The summed E-state index contributed by atoms with van der Waals surface area (Å²) in [5.41, 5.74) is 2.50. The van der Waals surface area contributed by atoms with Gasteiger partial charge in [0.15, 0.2) is 0 Å². The molecule has 0 amide bonds. The van der Waals surface area contributed by atoms with Crippen LogP contribution in [0.5, 0.6) is 0 Å². The van der Waals surface area contributed by atoms with Crippen molar-refractivity contribution in [3.05, 3.63) is 35.8 Å². The topological polar surface area (TPSA) is 73.3 Å². The highest BCUT2D eigenvalue weighted by Gasteiger charge is 2.06. The van der Waals surface area contributed by atoms with Crippen LogP contribution in [0.4, 0.5) is 0 Å². The van der Waals surface area contributed by atoms with E-state index in [0.29, 0.717) is 18.2 Å². The maximum absolute atomic E-state index is 8.92. The summed E-state index contributed by atoms with van der Waals surface area (Å²) < 4.78 is 1.93. The lowest BCUT2D eigenvalue weighted by Gasteiger charge is -2.12. The van der Waals surface area contributed by atoms with Gasteiger partial charge in [0.2, 0.25) is 0 Å². The van der Waals surface area contributed by atoms with E-state index in [0.717, 1.165) is 24.2 Å². The number of aliphatic hydroxyl groups is 1. The van der Waals surface area contributed by atoms with Crippen molar-refractivity contribution in [1.29, 1.82) is 5.26 Å². The number of fused-ring (bicyclic) bond motifs is 1. The third-order valence-electron chi connectivity index (χ3n) is 3.14. The van der Waals surface area contributed by atoms with Gasteiger partial charge in [-0.2, -0.15) is 5.26 Å². The normalized spacial score (nSPS) is 12.5. The second-order valence-corrected chi connectivity index (χ2v) is 4.66. The number of nitrogens with zero attached hydrogens (tertiary/aromatic N) is 3. The third-order valence-corrected chi connectivity index (χ3v) is 3.14. The maximum Gasteiger partial charge on any atom is 0.137 e. The summed E-state index contributed by atoms with van der Waals surface area (Å²) in [6.07, 6.45) is 5.37. The van der Waals surface area contributed by atoms with E-state index in [1.807, 2.05) is 16.7 Å². The molecule has 1 unspecified atom stereocenters. The Labute approximate surface area is 112 Å². The average Bonchev–Trinajstić information content (AvgIpc) is 2.84. The van der Waals surface area contributed by atoms with Crippen LogP contribution in [0.3, 0.4) is 0 Å². The molecule has 1 atom stereocenters. The number of pyridine rings is 1. The molecule has 2 heterocycles. The van der Waals surface area contributed by atoms with Gasteiger partial charge in [-0.3, -0.25) is 0 Å². The highest BCUT2D eigenvalue weighted by atomic mass is 16.2. The Morgan fingerprint density at radius 2 is 2.37 bits per heavy atom. The number of imidazole rings is 1. The molecular formula is C14H18N4O. The summed E-state index contributed by atoms with van der Waals surface area (Å²) in [5, 5.41) is 21.1. The first kappa shape index (κ1) is 13.5. The second-order valence-electron chi connectivity index (χ2n) is 4.66. The first-order valence-electron chi connectivity index (χ1n) is 6.45. The number of aromatic nitrogens is 2. The van der Waals surface area contributed by atoms with Crippen LogP contribution in [-0.4, -0.2) is 27.1 Å². The predicted octanol–water partition coefficient (Wildman–Crippen LogP) is 1.46. The van der Waals surface area contributed by atoms with Gasteiger partial charge in [-0.1, -0.05) is 0 Å². The molecule has 0 aromatic carbocycles. The first-order valence-corrected chi connectivity index (χ1v) is 6.45. The minimum atomic E-state index is 0.229. The summed E-state index contributed by atoms with van der Waals surface area (Å²) in [7, 11) is 0. The largest absolute Gasteiger partial charge is 0.396 e. The van der Waals surface area contributed by atoms with Crippen LogP contribution in [0, 0.1) is 11.3 Å². The number of rotatable bonds is 6. The summed E-state index contributed by atoms with van der Waals surface area (Å²) in [6.45, 7) is 3.02. The van der Waals surface area contributed by atoms with Crippen LogP contribution in [0.25, 0.3) is 5.65 Å². The monoisotopic (exact) mass is 258 g/mol. The zero-order valence-electron chi connectivity index (χ0n) is 11.0. The van der Waals surface area contributed by atoms with Gasteiger partial charge in [0.25, 0.3) is 0 Å². The second kappa shape index (κ2) is 6.32. The lowest BCUT2D eigenvalue weighted by Crippen LogP contribution is -2.26. The van der Waals surface area contributed by atoms with Gasteiger partial charge in [-0.15, -0.1) is 0 Å². The standard InChI is InChI=1S/C14H18N4O/c1-11(3-2-6-19)16-8-13-9-17-14-5-4-12(7-15)10-18(13)14/h4-5,9-11,16,19H,2-3,6,8H2,1H3.